The maximum Gasteiger partial charge on any atom is 0.230 e. The fraction of sp³-hybridized carbons (Fsp3) is 0.846. The number of nitrogens with two attached hydrogens (primary N) is 1. The number of piperazine rings is 1. The lowest BCUT2D eigenvalue weighted by molar-refractivity contribution is -0.144. The summed E-state index contributed by atoms with van der Waals surface area (Å²) >= 11 is 0. The fourth-order valence-corrected chi connectivity index (χ4v) is 2.49. The maximum absolute atomic E-state index is 12.3. The van der Waals surface area contributed by atoms with Crippen LogP contribution in [-0.4, -0.2) is 54.3 Å². The Bertz CT molecular complexity index is 342. The first-order chi connectivity index (χ1) is 8.50. The van der Waals surface area contributed by atoms with Crippen molar-refractivity contribution in [2.45, 2.75) is 26.7 Å². The second-order valence-corrected chi connectivity index (χ2v) is 5.76. The monoisotopic (exact) mass is 253 g/mol. The Hall–Kier alpha value is -1.10. The summed E-state index contributed by atoms with van der Waals surface area (Å²) in [6.07, 6.45) is 1.85. The molecule has 1 aliphatic carbocycles. The van der Waals surface area contributed by atoms with E-state index in [1.807, 2.05) is 23.6 Å². The second-order valence-electron chi connectivity index (χ2n) is 5.76. The number of hydrogen-bond acceptors (Lipinski definition) is 3. The van der Waals surface area contributed by atoms with Crippen LogP contribution in [0.4, 0.5) is 0 Å². The Morgan fingerprint density at radius 3 is 2.00 bits per heavy atom. The molecular formula is C13H23N3O2. The summed E-state index contributed by atoms with van der Waals surface area (Å²) in [6, 6.07) is 0. The van der Waals surface area contributed by atoms with Gasteiger partial charge in [-0.15, -0.1) is 0 Å². The highest BCUT2D eigenvalue weighted by molar-refractivity contribution is 5.86. The van der Waals surface area contributed by atoms with Crippen molar-refractivity contribution in [1.29, 1.82) is 0 Å². The molecule has 2 fully saturated rings. The van der Waals surface area contributed by atoms with E-state index in [1.165, 1.54) is 0 Å². The molecule has 5 nitrogen and oxygen atoms in total. The minimum atomic E-state index is -0.260. The molecule has 1 saturated carbocycles. The summed E-state index contributed by atoms with van der Waals surface area (Å²) in [7, 11) is 0. The second kappa shape index (κ2) is 4.88. The van der Waals surface area contributed by atoms with Gasteiger partial charge in [-0.1, -0.05) is 13.8 Å². The van der Waals surface area contributed by atoms with Crippen LogP contribution >= 0.6 is 0 Å². The van der Waals surface area contributed by atoms with Crippen molar-refractivity contribution in [3.05, 3.63) is 0 Å². The van der Waals surface area contributed by atoms with E-state index in [1.54, 1.807) is 0 Å². The largest absolute Gasteiger partial charge is 0.339 e. The third-order valence-corrected chi connectivity index (χ3v) is 4.07. The van der Waals surface area contributed by atoms with E-state index in [0.29, 0.717) is 32.7 Å². The molecule has 1 aliphatic heterocycles. The smallest absolute Gasteiger partial charge is 0.230 e. The van der Waals surface area contributed by atoms with Gasteiger partial charge >= 0.3 is 0 Å². The lowest BCUT2D eigenvalue weighted by Gasteiger charge is -2.37. The van der Waals surface area contributed by atoms with E-state index < -0.39 is 0 Å². The van der Waals surface area contributed by atoms with Crippen molar-refractivity contribution in [2.24, 2.45) is 17.1 Å². The zero-order valence-corrected chi connectivity index (χ0v) is 11.3. The molecule has 102 valence electrons. The van der Waals surface area contributed by atoms with E-state index in [2.05, 4.69) is 0 Å². The lowest BCUT2D eigenvalue weighted by atomic mass is 10.1. The molecule has 0 unspecified atom stereocenters. The third-order valence-electron chi connectivity index (χ3n) is 4.07. The maximum atomic E-state index is 12.3. The summed E-state index contributed by atoms with van der Waals surface area (Å²) in [5.74, 6) is 0.412. The molecule has 0 bridgehead atoms. The highest BCUT2D eigenvalue weighted by atomic mass is 16.2. The van der Waals surface area contributed by atoms with E-state index >= 15 is 0 Å². The van der Waals surface area contributed by atoms with Crippen LogP contribution in [0.2, 0.25) is 0 Å². The van der Waals surface area contributed by atoms with Gasteiger partial charge in [0.1, 0.15) is 0 Å². The normalized spacial score (nSPS) is 22.2. The van der Waals surface area contributed by atoms with Gasteiger partial charge in [-0.25, -0.2) is 0 Å². The summed E-state index contributed by atoms with van der Waals surface area (Å²) in [5, 5.41) is 0. The standard InChI is InChI=1S/C13H23N3O2/c1-10(2)11(17)15-5-7-16(8-6-15)12(18)13(9-14)3-4-13/h10H,3-9,14H2,1-2H3. The SMILES string of the molecule is CC(C)C(=O)N1CCN(C(=O)C2(CN)CC2)CC1. The lowest BCUT2D eigenvalue weighted by Crippen LogP contribution is -2.53. The molecule has 2 aliphatic rings. The first-order valence-corrected chi connectivity index (χ1v) is 6.78. The number of carbonyl (C=O) groups is 2. The van der Waals surface area contributed by atoms with E-state index in [0.717, 1.165) is 12.8 Å². The summed E-state index contributed by atoms with van der Waals surface area (Å²) < 4.78 is 0. The van der Waals surface area contributed by atoms with Crippen molar-refractivity contribution in [3.63, 3.8) is 0 Å². The first kappa shape index (κ1) is 13.3. The van der Waals surface area contributed by atoms with Gasteiger partial charge < -0.3 is 15.5 Å². The number of carbonyl (C=O) groups excluding carboxylic acids is 2. The first-order valence-electron chi connectivity index (χ1n) is 6.78. The molecule has 1 heterocycles. The molecular weight excluding hydrogens is 230 g/mol. The van der Waals surface area contributed by atoms with Crippen LogP contribution in [0.3, 0.4) is 0 Å². The fourth-order valence-electron chi connectivity index (χ4n) is 2.49. The van der Waals surface area contributed by atoms with Gasteiger partial charge in [-0.2, -0.15) is 0 Å². The minimum absolute atomic E-state index is 0.0334. The number of amides is 2. The molecule has 0 spiro atoms. The van der Waals surface area contributed by atoms with Gasteiger partial charge in [0.05, 0.1) is 5.41 Å². The van der Waals surface area contributed by atoms with Gasteiger partial charge in [-0.05, 0) is 12.8 Å². The quantitative estimate of drug-likeness (QED) is 0.773. The summed E-state index contributed by atoms with van der Waals surface area (Å²) in [5.41, 5.74) is 5.42. The van der Waals surface area contributed by atoms with Crippen LogP contribution in [0.25, 0.3) is 0 Å². The van der Waals surface area contributed by atoms with E-state index in [-0.39, 0.29) is 23.1 Å². The molecule has 0 aromatic rings. The van der Waals surface area contributed by atoms with Crippen molar-refractivity contribution >= 4 is 11.8 Å². The molecule has 2 amide bonds. The topological polar surface area (TPSA) is 66.6 Å². The van der Waals surface area contributed by atoms with Crippen molar-refractivity contribution in [3.8, 4) is 0 Å². The average molecular weight is 253 g/mol. The van der Waals surface area contributed by atoms with Crippen LogP contribution in [0, 0.1) is 11.3 Å². The molecule has 2 rings (SSSR count). The number of hydrogen-bond donors (Lipinski definition) is 1. The molecule has 18 heavy (non-hydrogen) atoms. The average Bonchev–Trinajstić information content (AvgIpc) is 3.18. The van der Waals surface area contributed by atoms with E-state index in [9.17, 15) is 9.59 Å². The summed E-state index contributed by atoms with van der Waals surface area (Å²) in [6.45, 7) is 6.89. The Morgan fingerprint density at radius 1 is 1.11 bits per heavy atom. The zero-order chi connectivity index (χ0) is 13.3. The predicted molar refractivity (Wildman–Crippen MR) is 68.7 cm³/mol. The van der Waals surface area contributed by atoms with Crippen LogP contribution in [0.5, 0.6) is 0 Å². The van der Waals surface area contributed by atoms with Crippen LogP contribution in [0.15, 0.2) is 0 Å². The van der Waals surface area contributed by atoms with Gasteiger partial charge in [0.25, 0.3) is 0 Å². The van der Waals surface area contributed by atoms with Gasteiger partial charge in [0, 0.05) is 38.6 Å². The van der Waals surface area contributed by atoms with E-state index in [4.69, 9.17) is 5.73 Å². The van der Waals surface area contributed by atoms with Crippen molar-refractivity contribution in [2.75, 3.05) is 32.7 Å². The van der Waals surface area contributed by atoms with Gasteiger partial charge in [-0.3, -0.25) is 9.59 Å². The van der Waals surface area contributed by atoms with Crippen molar-refractivity contribution < 1.29 is 9.59 Å². The third kappa shape index (κ3) is 2.36. The van der Waals surface area contributed by atoms with Crippen molar-refractivity contribution in [1.82, 2.24) is 9.80 Å². The van der Waals surface area contributed by atoms with Crippen LogP contribution < -0.4 is 5.73 Å². The highest BCUT2D eigenvalue weighted by Crippen LogP contribution is 2.46. The minimum Gasteiger partial charge on any atom is -0.339 e. The summed E-state index contributed by atoms with van der Waals surface area (Å²) in [4.78, 5) is 27.8. The molecule has 0 aromatic carbocycles. The van der Waals surface area contributed by atoms with Crippen LogP contribution in [0.1, 0.15) is 26.7 Å². The Labute approximate surface area is 108 Å². The Kier molecular flexibility index (Phi) is 3.61. The van der Waals surface area contributed by atoms with Gasteiger partial charge in [0.15, 0.2) is 0 Å². The Balaban J connectivity index is 1.87. The molecule has 0 radical (unpaired) electrons. The molecule has 0 aromatic heterocycles. The van der Waals surface area contributed by atoms with Gasteiger partial charge in [0.2, 0.25) is 11.8 Å². The zero-order valence-electron chi connectivity index (χ0n) is 11.3. The molecule has 5 heteroatoms. The van der Waals surface area contributed by atoms with Crippen LogP contribution in [-0.2, 0) is 9.59 Å². The molecule has 1 saturated heterocycles. The predicted octanol–water partition coefficient (Wildman–Crippen LogP) is 0.0521. The number of rotatable bonds is 3. The highest BCUT2D eigenvalue weighted by Gasteiger charge is 2.50. The Morgan fingerprint density at radius 2 is 1.61 bits per heavy atom. The number of nitrogens with zero attached hydrogens (tertiary/aromatic N) is 2. The molecule has 0 atom stereocenters. The molecule has 2 N–H and O–H groups in total.